The fraction of sp³-hybridized carbons (Fsp3) is 0.273. The van der Waals surface area contributed by atoms with Crippen LogP contribution in [0.15, 0.2) is 29.2 Å². The molecule has 0 aliphatic heterocycles. The molecule has 104 valence electrons. The van der Waals surface area contributed by atoms with Crippen molar-refractivity contribution in [2.45, 2.75) is 10.9 Å². The largest absolute Gasteiger partial charge is 0.480 e. The zero-order valence-electron chi connectivity index (χ0n) is 10.2. The number of carbonyl (C=O) groups is 2. The van der Waals surface area contributed by atoms with Crippen LogP contribution in [0.4, 0.5) is 0 Å². The second-order valence-corrected chi connectivity index (χ2v) is 5.97. The van der Waals surface area contributed by atoms with E-state index in [2.05, 4.69) is 5.32 Å². The lowest BCUT2D eigenvalue weighted by molar-refractivity contribution is -0.138. The molecular weight excluding hydrogens is 272 g/mol. The van der Waals surface area contributed by atoms with E-state index in [4.69, 9.17) is 10.8 Å². The first-order chi connectivity index (χ1) is 8.71. The minimum atomic E-state index is -3.31. The summed E-state index contributed by atoms with van der Waals surface area (Å²) in [5.74, 6) is -1.73. The zero-order chi connectivity index (χ0) is 14.6. The third-order valence-electron chi connectivity index (χ3n) is 2.34. The molecule has 0 fully saturated rings. The molecule has 0 aromatic heterocycles. The number of sulfone groups is 1. The van der Waals surface area contributed by atoms with Gasteiger partial charge in [-0.25, -0.2) is 8.42 Å². The van der Waals surface area contributed by atoms with Crippen LogP contribution < -0.4 is 11.1 Å². The van der Waals surface area contributed by atoms with Gasteiger partial charge < -0.3 is 16.2 Å². The summed E-state index contributed by atoms with van der Waals surface area (Å²) in [7, 11) is -3.31. The van der Waals surface area contributed by atoms with E-state index >= 15 is 0 Å². The van der Waals surface area contributed by atoms with E-state index in [0.29, 0.717) is 0 Å². The van der Waals surface area contributed by atoms with E-state index in [-0.39, 0.29) is 17.0 Å². The number of benzene rings is 1. The summed E-state index contributed by atoms with van der Waals surface area (Å²) in [6.45, 7) is -0.206. The van der Waals surface area contributed by atoms with E-state index in [9.17, 15) is 18.0 Å². The number of carboxylic acids is 1. The van der Waals surface area contributed by atoms with Crippen LogP contribution in [-0.2, 0) is 14.6 Å². The van der Waals surface area contributed by atoms with Gasteiger partial charge in [-0.2, -0.15) is 0 Å². The molecule has 19 heavy (non-hydrogen) atoms. The maximum absolute atomic E-state index is 11.6. The maximum atomic E-state index is 11.6. The van der Waals surface area contributed by atoms with Crippen molar-refractivity contribution in [2.75, 3.05) is 12.8 Å². The zero-order valence-corrected chi connectivity index (χ0v) is 11.0. The normalized spacial score (nSPS) is 12.7. The second-order valence-electron chi connectivity index (χ2n) is 3.95. The van der Waals surface area contributed by atoms with Crippen LogP contribution in [-0.4, -0.2) is 44.2 Å². The van der Waals surface area contributed by atoms with Crippen LogP contribution in [0.25, 0.3) is 0 Å². The summed E-state index contributed by atoms with van der Waals surface area (Å²) >= 11 is 0. The van der Waals surface area contributed by atoms with Crippen LogP contribution in [0.2, 0.25) is 0 Å². The Bertz CT molecular complexity index is 580. The number of nitrogens with two attached hydrogens (primary N) is 1. The Morgan fingerprint density at radius 2 is 1.84 bits per heavy atom. The molecule has 0 heterocycles. The SMILES string of the molecule is CS(=O)(=O)c1ccc(C(=O)NCC(N)C(=O)O)cc1. The number of carboxylic acid groups (broad SMARTS) is 1. The number of nitrogens with one attached hydrogen (secondary N) is 1. The van der Waals surface area contributed by atoms with Crippen LogP contribution in [0.1, 0.15) is 10.4 Å². The molecule has 4 N–H and O–H groups in total. The summed E-state index contributed by atoms with van der Waals surface area (Å²) in [5.41, 5.74) is 5.46. The van der Waals surface area contributed by atoms with Crippen molar-refractivity contribution < 1.29 is 23.1 Å². The van der Waals surface area contributed by atoms with Gasteiger partial charge in [0, 0.05) is 18.4 Å². The van der Waals surface area contributed by atoms with Crippen molar-refractivity contribution in [3.63, 3.8) is 0 Å². The Morgan fingerprint density at radius 1 is 1.32 bits per heavy atom. The Hall–Kier alpha value is -1.93. The average molecular weight is 286 g/mol. The van der Waals surface area contributed by atoms with Gasteiger partial charge in [0.1, 0.15) is 6.04 Å². The first-order valence-corrected chi connectivity index (χ1v) is 7.17. The highest BCUT2D eigenvalue weighted by Crippen LogP contribution is 2.10. The number of aliphatic carboxylic acids is 1. The van der Waals surface area contributed by atoms with Gasteiger partial charge >= 0.3 is 5.97 Å². The van der Waals surface area contributed by atoms with Gasteiger partial charge in [0.25, 0.3) is 5.91 Å². The molecule has 0 bridgehead atoms. The Morgan fingerprint density at radius 3 is 2.26 bits per heavy atom. The topological polar surface area (TPSA) is 127 Å². The molecule has 1 atom stereocenters. The smallest absolute Gasteiger partial charge is 0.322 e. The minimum Gasteiger partial charge on any atom is -0.480 e. The predicted molar refractivity (Wildman–Crippen MR) is 67.5 cm³/mol. The van der Waals surface area contributed by atoms with Crippen molar-refractivity contribution >= 4 is 21.7 Å². The number of hydrogen-bond acceptors (Lipinski definition) is 5. The molecule has 1 rings (SSSR count). The van der Waals surface area contributed by atoms with Crippen LogP contribution in [0, 0.1) is 0 Å². The third-order valence-corrected chi connectivity index (χ3v) is 3.47. The standard InChI is InChI=1S/C11H14N2O5S/c1-19(17,18)8-4-2-7(3-5-8)10(14)13-6-9(12)11(15)16/h2-5,9H,6,12H2,1H3,(H,13,14)(H,15,16). The Balaban J connectivity index is 2.71. The average Bonchev–Trinajstić information content (AvgIpc) is 2.34. The molecule has 1 unspecified atom stereocenters. The van der Waals surface area contributed by atoms with Gasteiger partial charge in [-0.3, -0.25) is 9.59 Å². The first kappa shape index (κ1) is 15.1. The molecule has 0 saturated carbocycles. The van der Waals surface area contributed by atoms with E-state index in [1.54, 1.807) is 0 Å². The first-order valence-electron chi connectivity index (χ1n) is 5.28. The molecule has 1 aromatic carbocycles. The highest BCUT2D eigenvalue weighted by Gasteiger charge is 2.14. The van der Waals surface area contributed by atoms with Crippen LogP contribution in [0.5, 0.6) is 0 Å². The van der Waals surface area contributed by atoms with Crippen LogP contribution in [0.3, 0.4) is 0 Å². The van der Waals surface area contributed by atoms with E-state index in [1.807, 2.05) is 0 Å². The van der Waals surface area contributed by atoms with Gasteiger partial charge in [-0.1, -0.05) is 0 Å². The highest BCUT2D eigenvalue weighted by molar-refractivity contribution is 7.90. The molecule has 7 nitrogen and oxygen atoms in total. The second kappa shape index (κ2) is 5.81. The predicted octanol–water partition coefficient (Wildman–Crippen LogP) is -0.768. The van der Waals surface area contributed by atoms with E-state index < -0.39 is 27.8 Å². The van der Waals surface area contributed by atoms with E-state index in [1.165, 1.54) is 24.3 Å². The molecule has 0 saturated heterocycles. The van der Waals surface area contributed by atoms with Crippen LogP contribution >= 0.6 is 0 Å². The monoisotopic (exact) mass is 286 g/mol. The van der Waals surface area contributed by atoms with Crippen molar-refractivity contribution in [1.29, 1.82) is 0 Å². The quantitative estimate of drug-likeness (QED) is 0.652. The molecule has 0 aliphatic rings. The van der Waals surface area contributed by atoms with E-state index in [0.717, 1.165) is 6.26 Å². The maximum Gasteiger partial charge on any atom is 0.322 e. The van der Waals surface area contributed by atoms with Crippen molar-refractivity contribution in [3.8, 4) is 0 Å². The van der Waals surface area contributed by atoms with Gasteiger partial charge in [-0.15, -0.1) is 0 Å². The van der Waals surface area contributed by atoms with Crippen molar-refractivity contribution in [2.24, 2.45) is 5.73 Å². The molecule has 8 heteroatoms. The lowest BCUT2D eigenvalue weighted by Gasteiger charge is -2.08. The number of amides is 1. The molecule has 1 amide bonds. The summed E-state index contributed by atoms with van der Waals surface area (Å²) < 4.78 is 22.4. The Kier molecular flexibility index (Phi) is 4.62. The fourth-order valence-corrected chi connectivity index (χ4v) is 1.88. The molecule has 0 spiro atoms. The fourth-order valence-electron chi connectivity index (χ4n) is 1.25. The summed E-state index contributed by atoms with van der Waals surface area (Å²) in [5, 5.41) is 10.9. The lowest BCUT2D eigenvalue weighted by Crippen LogP contribution is -2.42. The lowest BCUT2D eigenvalue weighted by atomic mass is 10.2. The van der Waals surface area contributed by atoms with Gasteiger partial charge in [0.05, 0.1) is 4.90 Å². The summed E-state index contributed by atoms with van der Waals surface area (Å²) in [4.78, 5) is 22.2. The molecule has 1 aromatic rings. The molecular formula is C11H14N2O5S. The highest BCUT2D eigenvalue weighted by atomic mass is 32.2. The van der Waals surface area contributed by atoms with Gasteiger partial charge in [-0.05, 0) is 24.3 Å². The third kappa shape index (κ3) is 4.34. The summed E-state index contributed by atoms with van der Waals surface area (Å²) in [6.07, 6.45) is 1.06. The number of carbonyl (C=O) groups excluding carboxylic acids is 1. The number of hydrogen-bond donors (Lipinski definition) is 3. The minimum absolute atomic E-state index is 0.103. The van der Waals surface area contributed by atoms with Gasteiger partial charge in [0.2, 0.25) is 0 Å². The Labute approximate surface area is 110 Å². The summed E-state index contributed by atoms with van der Waals surface area (Å²) in [6, 6.07) is 4.12. The number of rotatable bonds is 5. The van der Waals surface area contributed by atoms with Crippen molar-refractivity contribution in [1.82, 2.24) is 5.32 Å². The molecule has 0 radical (unpaired) electrons. The van der Waals surface area contributed by atoms with Gasteiger partial charge in [0.15, 0.2) is 9.84 Å². The molecule has 0 aliphatic carbocycles. The van der Waals surface area contributed by atoms with Crippen molar-refractivity contribution in [3.05, 3.63) is 29.8 Å².